The number of morpholine rings is 1. The number of carbonyl (C=O) groups is 1. The molecule has 3 fully saturated rings. The minimum atomic E-state index is -0.156. The summed E-state index contributed by atoms with van der Waals surface area (Å²) in [7, 11) is 0. The van der Waals surface area contributed by atoms with Crippen LogP contribution in [0.1, 0.15) is 42.4 Å². The molecule has 3 aliphatic rings. The van der Waals surface area contributed by atoms with E-state index < -0.39 is 0 Å². The van der Waals surface area contributed by atoms with Crippen LogP contribution in [0.25, 0.3) is 0 Å². The van der Waals surface area contributed by atoms with Gasteiger partial charge in [-0.25, -0.2) is 0 Å². The lowest BCUT2D eigenvalue weighted by Crippen LogP contribution is -2.50. The fourth-order valence-electron chi connectivity index (χ4n) is 4.88. The molecule has 27 heavy (non-hydrogen) atoms. The number of ether oxygens (including phenoxy) is 2. The molecule has 3 aliphatic heterocycles. The third kappa shape index (κ3) is 4.05. The zero-order chi connectivity index (χ0) is 18.9. The van der Waals surface area contributed by atoms with E-state index in [1.54, 1.807) is 0 Å². The Labute approximate surface area is 161 Å². The summed E-state index contributed by atoms with van der Waals surface area (Å²) in [5.74, 6) is 0.651. The summed E-state index contributed by atoms with van der Waals surface area (Å²) in [4.78, 5) is 17.6. The zero-order valence-electron chi connectivity index (χ0n) is 16.7. The van der Waals surface area contributed by atoms with E-state index in [1.807, 2.05) is 29.5 Å². The molecule has 0 aromatic carbocycles. The molecule has 0 aliphatic carbocycles. The maximum Gasteiger partial charge on any atom is 0.272 e. The van der Waals surface area contributed by atoms with Crippen molar-refractivity contribution in [3.63, 3.8) is 0 Å². The van der Waals surface area contributed by atoms with Gasteiger partial charge in [-0.3, -0.25) is 14.4 Å². The standard InChI is InChI=1S/C20H32N4O3/c1-3-24-18(11-16(2)21-24)19(25)23-6-4-5-20(15-23)12-17(14-27-20)13-22-7-9-26-10-8-22/h11,17H,3-10,12-15H2,1-2H3. The second-order valence-electron chi connectivity index (χ2n) is 8.29. The van der Waals surface area contributed by atoms with Crippen LogP contribution in [0, 0.1) is 12.8 Å². The Hall–Kier alpha value is -1.44. The minimum Gasteiger partial charge on any atom is -0.379 e. The Morgan fingerprint density at radius 3 is 2.93 bits per heavy atom. The highest BCUT2D eigenvalue weighted by Crippen LogP contribution is 2.38. The van der Waals surface area contributed by atoms with Crippen molar-refractivity contribution in [2.24, 2.45) is 5.92 Å². The lowest BCUT2D eigenvalue weighted by Gasteiger charge is -2.40. The number of nitrogens with zero attached hydrogens (tertiary/aromatic N) is 4. The van der Waals surface area contributed by atoms with Gasteiger partial charge in [0.1, 0.15) is 5.69 Å². The van der Waals surface area contributed by atoms with Gasteiger partial charge in [0.15, 0.2) is 0 Å². The van der Waals surface area contributed by atoms with E-state index in [0.717, 1.165) is 71.0 Å². The van der Waals surface area contributed by atoms with Crippen molar-refractivity contribution in [2.75, 3.05) is 52.5 Å². The van der Waals surface area contributed by atoms with Crippen LogP contribution in [0.3, 0.4) is 0 Å². The molecule has 3 saturated heterocycles. The number of hydrogen-bond acceptors (Lipinski definition) is 5. The SMILES string of the molecule is CCn1nc(C)cc1C(=O)N1CCCC2(CC(CN3CCOCC3)CO2)C1. The van der Waals surface area contributed by atoms with Crippen molar-refractivity contribution in [3.8, 4) is 0 Å². The number of hydrogen-bond donors (Lipinski definition) is 0. The molecule has 7 heteroatoms. The summed E-state index contributed by atoms with van der Waals surface area (Å²) in [6, 6.07) is 1.91. The van der Waals surface area contributed by atoms with Crippen LogP contribution in [0.2, 0.25) is 0 Å². The molecule has 150 valence electrons. The highest BCUT2D eigenvalue weighted by molar-refractivity contribution is 5.92. The van der Waals surface area contributed by atoms with Gasteiger partial charge >= 0.3 is 0 Å². The molecule has 4 heterocycles. The number of aromatic nitrogens is 2. The maximum atomic E-state index is 13.1. The summed E-state index contributed by atoms with van der Waals surface area (Å²) >= 11 is 0. The number of rotatable bonds is 4. The van der Waals surface area contributed by atoms with E-state index in [0.29, 0.717) is 24.7 Å². The van der Waals surface area contributed by atoms with E-state index in [9.17, 15) is 4.79 Å². The van der Waals surface area contributed by atoms with Crippen LogP contribution < -0.4 is 0 Å². The molecular weight excluding hydrogens is 344 g/mol. The zero-order valence-corrected chi connectivity index (χ0v) is 16.7. The molecule has 0 radical (unpaired) electrons. The average molecular weight is 377 g/mol. The Morgan fingerprint density at radius 2 is 2.15 bits per heavy atom. The lowest BCUT2D eigenvalue weighted by atomic mass is 9.86. The van der Waals surface area contributed by atoms with Gasteiger partial charge in [-0.05, 0) is 45.1 Å². The molecule has 0 N–H and O–H groups in total. The second-order valence-corrected chi connectivity index (χ2v) is 8.29. The van der Waals surface area contributed by atoms with Gasteiger partial charge in [0, 0.05) is 32.7 Å². The number of carbonyl (C=O) groups excluding carboxylic acids is 1. The number of aryl methyl sites for hydroxylation is 2. The van der Waals surface area contributed by atoms with Gasteiger partial charge in [-0.1, -0.05) is 0 Å². The quantitative estimate of drug-likeness (QED) is 0.798. The van der Waals surface area contributed by atoms with E-state index in [4.69, 9.17) is 9.47 Å². The van der Waals surface area contributed by atoms with Gasteiger partial charge in [-0.2, -0.15) is 5.10 Å². The Balaban J connectivity index is 1.39. The summed E-state index contributed by atoms with van der Waals surface area (Å²) in [6.45, 7) is 11.8. The molecule has 2 unspecified atom stereocenters. The maximum absolute atomic E-state index is 13.1. The van der Waals surface area contributed by atoms with Crippen molar-refractivity contribution < 1.29 is 14.3 Å². The van der Waals surface area contributed by atoms with Gasteiger partial charge in [0.25, 0.3) is 5.91 Å². The first kappa shape index (κ1) is 18.9. The number of likely N-dealkylation sites (tertiary alicyclic amines) is 1. The van der Waals surface area contributed by atoms with Gasteiger partial charge in [0.2, 0.25) is 0 Å². The van der Waals surface area contributed by atoms with Crippen LogP contribution in [0.5, 0.6) is 0 Å². The molecule has 2 atom stereocenters. The minimum absolute atomic E-state index is 0.0942. The molecule has 1 aromatic rings. The van der Waals surface area contributed by atoms with E-state index >= 15 is 0 Å². The molecular formula is C20H32N4O3. The Bertz CT molecular complexity index is 670. The fourth-order valence-corrected chi connectivity index (χ4v) is 4.88. The Kier molecular flexibility index (Phi) is 5.53. The number of amides is 1. The van der Waals surface area contributed by atoms with E-state index in [2.05, 4.69) is 10.00 Å². The third-order valence-electron chi connectivity index (χ3n) is 6.15. The van der Waals surface area contributed by atoms with Crippen molar-refractivity contribution in [1.82, 2.24) is 19.6 Å². The molecule has 0 bridgehead atoms. The normalized spacial score (nSPS) is 29.6. The summed E-state index contributed by atoms with van der Waals surface area (Å²) in [6.07, 6.45) is 3.12. The predicted octanol–water partition coefficient (Wildman–Crippen LogP) is 1.55. The first-order valence-corrected chi connectivity index (χ1v) is 10.4. The highest BCUT2D eigenvalue weighted by atomic mass is 16.5. The van der Waals surface area contributed by atoms with Crippen LogP contribution in [-0.4, -0.2) is 83.6 Å². The average Bonchev–Trinajstić information content (AvgIpc) is 3.25. The van der Waals surface area contributed by atoms with Crippen LogP contribution >= 0.6 is 0 Å². The Morgan fingerprint density at radius 1 is 1.33 bits per heavy atom. The predicted molar refractivity (Wildman–Crippen MR) is 102 cm³/mol. The van der Waals surface area contributed by atoms with Crippen molar-refractivity contribution in [2.45, 2.75) is 45.3 Å². The van der Waals surface area contributed by atoms with Gasteiger partial charge in [0.05, 0.1) is 37.7 Å². The first-order chi connectivity index (χ1) is 13.1. The topological polar surface area (TPSA) is 59.8 Å². The number of piperidine rings is 1. The van der Waals surface area contributed by atoms with Crippen molar-refractivity contribution >= 4 is 5.91 Å². The highest BCUT2D eigenvalue weighted by Gasteiger charge is 2.45. The molecule has 1 aromatic heterocycles. The third-order valence-corrected chi connectivity index (χ3v) is 6.15. The van der Waals surface area contributed by atoms with Gasteiger partial charge in [-0.15, -0.1) is 0 Å². The lowest BCUT2D eigenvalue weighted by molar-refractivity contribution is -0.0454. The molecule has 4 rings (SSSR count). The van der Waals surface area contributed by atoms with Crippen molar-refractivity contribution in [3.05, 3.63) is 17.5 Å². The molecule has 1 amide bonds. The summed E-state index contributed by atoms with van der Waals surface area (Å²) < 4.78 is 13.6. The van der Waals surface area contributed by atoms with Crippen LogP contribution in [0.4, 0.5) is 0 Å². The smallest absolute Gasteiger partial charge is 0.272 e. The summed E-state index contributed by atoms with van der Waals surface area (Å²) in [5.41, 5.74) is 1.45. The van der Waals surface area contributed by atoms with Crippen molar-refractivity contribution in [1.29, 1.82) is 0 Å². The molecule has 0 saturated carbocycles. The van der Waals surface area contributed by atoms with Crippen LogP contribution in [0.15, 0.2) is 6.07 Å². The molecule has 7 nitrogen and oxygen atoms in total. The first-order valence-electron chi connectivity index (χ1n) is 10.4. The fraction of sp³-hybridized carbons (Fsp3) is 0.800. The van der Waals surface area contributed by atoms with E-state index in [-0.39, 0.29) is 11.5 Å². The van der Waals surface area contributed by atoms with E-state index in [1.165, 1.54) is 0 Å². The second kappa shape index (κ2) is 7.89. The summed E-state index contributed by atoms with van der Waals surface area (Å²) in [5, 5.41) is 4.43. The van der Waals surface area contributed by atoms with Crippen LogP contribution in [-0.2, 0) is 16.0 Å². The van der Waals surface area contributed by atoms with Gasteiger partial charge < -0.3 is 14.4 Å². The monoisotopic (exact) mass is 376 g/mol. The molecule has 1 spiro atoms. The largest absolute Gasteiger partial charge is 0.379 e.